The number of rotatable bonds is 5. The molecule has 2 aromatic heterocycles. The van der Waals surface area contributed by atoms with Crippen molar-refractivity contribution in [2.24, 2.45) is 0 Å². The molecular formula is C10H12BrN5OS. The molecule has 0 saturated heterocycles. The minimum atomic E-state index is 0.142. The fraction of sp³-hybridized carbons (Fsp3) is 0.300. The zero-order chi connectivity index (χ0) is 13.0. The summed E-state index contributed by atoms with van der Waals surface area (Å²) in [4.78, 5) is 13.1. The lowest BCUT2D eigenvalue weighted by Crippen LogP contribution is -2.08. The second-order valence-corrected chi connectivity index (χ2v) is 5.23. The van der Waals surface area contributed by atoms with Gasteiger partial charge in [0.25, 0.3) is 0 Å². The standard InChI is InChI=1S/C10H12BrN5OS/c1-2-17-10-15-8(12)14-9(16-10)13-4-7-3-6(11)5-18-7/h3,5H,2,4H2,1H3,(H3,12,13,14,15,16). The molecule has 0 spiro atoms. The van der Waals surface area contributed by atoms with Crippen molar-refractivity contribution in [3.8, 4) is 6.01 Å². The fourth-order valence-electron chi connectivity index (χ4n) is 1.26. The normalized spacial score (nSPS) is 10.3. The molecule has 0 aliphatic heterocycles. The van der Waals surface area contributed by atoms with Crippen molar-refractivity contribution in [2.75, 3.05) is 17.7 Å². The molecule has 18 heavy (non-hydrogen) atoms. The summed E-state index contributed by atoms with van der Waals surface area (Å²) in [7, 11) is 0. The Morgan fingerprint density at radius 3 is 2.94 bits per heavy atom. The highest BCUT2D eigenvalue weighted by Gasteiger charge is 2.05. The maximum atomic E-state index is 5.58. The first-order valence-corrected chi connectivity index (χ1v) is 6.95. The third-order valence-electron chi connectivity index (χ3n) is 1.95. The van der Waals surface area contributed by atoms with E-state index in [9.17, 15) is 0 Å². The summed E-state index contributed by atoms with van der Waals surface area (Å²) in [5, 5.41) is 5.10. The highest BCUT2D eigenvalue weighted by Crippen LogP contribution is 2.20. The number of halogens is 1. The van der Waals surface area contributed by atoms with Gasteiger partial charge in [0, 0.05) is 14.7 Å². The van der Waals surface area contributed by atoms with Gasteiger partial charge < -0.3 is 15.8 Å². The van der Waals surface area contributed by atoms with Crippen LogP contribution in [-0.2, 0) is 6.54 Å². The maximum Gasteiger partial charge on any atom is 0.323 e. The third kappa shape index (κ3) is 3.54. The van der Waals surface area contributed by atoms with Gasteiger partial charge in [-0.2, -0.15) is 15.0 Å². The van der Waals surface area contributed by atoms with Crippen LogP contribution in [0.4, 0.5) is 11.9 Å². The Kier molecular flexibility index (Phi) is 4.32. The van der Waals surface area contributed by atoms with Gasteiger partial charge in [0.15, 0.2) is 0 Å². The van der Waals surface area contributed by atoms with E-state index in [0.717, 1.165) is 4.47 Å². The SMILES string of the molecule is CCOc1nc(N)nc(NCc2cc(Br)cs2)n1. The average Bonchev–Trinajstić information content (AvgIpc) is 2.72. The summed E-state index contributed by atoms with van der Waals surface area (Å²) in [6.45, 7) is 2.97. The van der Waals surface area contributed by atoms with Crippen molar-refractivity contribution in [1.29, 1.82) is 0 Å². The molecule has 8 heteroatoms. The van der Waals surface area contributed by atoms with Crippen LogP contribution in [0.2, 0.25) is 0 Å². The Hall–Kier alpha value is -1.41. The van der Waals surface area contributed by atoms with Gasteiger partial charge in [-0.3, -0.25) is 0 Å². The zero-order valence-corrected chi connectivity index (χ0v) is 12.1. The molecule has 2 heterocycles. The van der Waals surface area contributed by atoms with Gasteiger partial charge in [0.05, 0.1) is 13.2 Å². The quantitative estimate of drug-likeness (QED) is 0.875. The van der Waals surface area contributed by atoms with E-state index in [4.69, 9.17) is 10.5 Å². The molecule has 6 nitrogen and oxygen atoms in total. The minimum absolute atomic E-state index is 0.142. The van der Waals surface area contributed by atoms with E-state index in [0.29, 0.717) is 19.1 Å². The summed E-state index contributed by atoms with van der Waals surface area (Å²) in [6.07, 6.45) is 0. The van der Waals surface area contributed by atoms with Crippen LogP contribution in [0.3, 0.4) is 0 Å². The molecule has 3 N–H and O–H groups in total. The van der Waals surface area contributed by atoms with E-state index in [-0.39, 0.29) is 12.0 Å². The number of nitrogen functional groups attached to an aromatic ring is 1. The number of thiophene rings is 1. The molecule has 0 fully saturated rings. The van der Waals surface area contributed by atoms with E-state index < -0.39 is 0 Å². The largest absolute Gasteiger partial charge is 0.464 e. The van der Waals surface area contributed by atoms with Crippen molar-refractivity contribution in [1.82, 2.24) is 15.0 Å². The maximum absolute atomic E-state index is 5.58. The molecule has 0 saturated carbocycles. The first-order valence-electron chi connectivity index (χ1n) is 5.28. The molecular weight excluding hydrogens is 318 g/mol. The van der Waals surface area contributed by atoms with Crippen LogP contribution in [0.1, 0.15) is 11.8 Å². The van der Waals surface area contributed by atoms with Crippen LogP contribution in [-0.4, -0.2) is 21.6 Å². The van der Waals surface area contributed by atoms with Crippen LogP contribution in [0.15, 0.2) is 15.9 Å². The molecule has 0 radical (unpaired) electrons. The molecule has 2 aromatic rings. The predicted octanol–water partition coefficient (Wildman–Crippen LogP) is 2.29. The van der Waals surface area contributed by atoms with E-state index in [1.807, 2.05) is 18.4 Å². The number of ether oxygens (including phenoxy) is 1. The number of nitrogens with zero attached hydrogens (tertiary/aromatic N) is 3. The predicted molar refractivity (Wildman–Crippen MR) is 74.8 cm³/mol. The highest BCUT2D eigenvalue weighted by molar-refractivity contribution is 9.10. The van der Waals surface area contributed by atoms with Gasteiger partial charge in [0.2, 0.25) is 11.9 Å². The average molecular weight is 330 g/mol. The Labute approximate surface area is 117 Å². The van der Waals surface area contributed by atoms with Crippen molar-refractivity contribution in [2.45, 2.75) is 13.5 Å². The van der Waals surface area contributed by atoms with Crippen LogP contribution < -0.4 is 15.8 Å². The summed E-state index contributed by atoms with van der Waals surface area (Å²) in [5.74, 6) is 0.554. The molecule has 0 amide bonds. The monoisotopic (exact) mass is 329 g/mol. The van der Waals surface area contributed by atoms with Gasteiger partial charge in [-0.1, -0.05) is 0 Å². The highest BCUT2D eigenvalue weighted by atomic mass is 79.9. The number of aromatic nitrogens is 3. The van der Waals surface area contributed by atoms with Crippen LogP contribution in [0.5, 0.6) is 6.01 Å². The Bertz CT molecular complexity index is 533. The van der Waals surface area contributed by atoms with Gasteiger partial charge >= 0.3 is 6.01 Å². The first-order chi connectivity index (χ1) is 8.67. The smallest absolute Gasteiger partial charge is 0.323 e. The van der Waals surface area contributed by atoms with E-state index in [1.54, 1.807) is 11.3 Å². The first kappa shape index (κ1) is 13.0. The van der Waals surface area contributed by atoms with Crippen molar-refractivity contribution in [3.63, 3.8) is 0 Å². The second-order valence-electron chi connectivity index (χ2n) is 3.32. The Morgan fingerprint density at radius 2 is 2.28 bits per heavy atom. The topological polar surface area (TPSA) is 86.0 Å². The fourth-order valence-corrected chi connectivity index (χ4v) is 2.65. The van der Waals surface area contributed by atoms with Crippen molar-refractivity contribution in [3.05, 3.63) is 20.8 Å². The number of nitrogens with two attached hydrogens (primary N) is 1. The van der Waals surface area contributed by atoms with Gasteiger partial charge in [-0.25, -0.2) is 0 Å². The minimum Gasteiger partial charge on any atom is -0.464 e. The Balaban J connectivity index is 2.04. The molecule has 0 aromatic carbocycles. The van der Waals surface area contributed by atoms with Gasteiger partial charge in [-0.05, 0) is 28.9 Å². The van der Waals surface area contributed by atoms with Gasteiger partial charge in [-0.15, -0.1) is 11.3 Å². The van der Waals surface area contributed by atoms with Crippen LogP contribution in [0, 0.1) is 0 Å². The van der Waals surface area contributed by atoms with E-state index in [1.165, 1.54) is 4.88 Å². The van der Waals surface area contributed by atoms with Gasteiger partial charge in [0.1, 0.15) is 0 Å². The number of nitrogens with one attached hydrogen (secondary N) is 1. The lowest BCUT2D eigenvalue weighted by molar-refractivity contribution is 0.312. The third-order valence-corrected chi connectivity index (χ3v) is 3.65. The van der Waals surface area contributed by atoms with Crippen LogP contribution >= 0.6 is 27.3 Å². The van der Waals surface area contributed by atoms with Crippen LogP contribution in [0.25, 0.3) is 0 Å². The molecule has 0 unspecified atom stereocenters. The molecule has 0 aliphatic rings. The second kappa shape index (κ2) is 5.96. The van der Waals surface area contributed by atoms with E-state index >= 15 is 0 Å². The number of hydrogen-bond donors (Lipinski definition) is 2. The molecule has 0 aliphatic carbocycles. The lowest BCUT2D eigenvalue weighted by Gasteiger charge is -2.06. The lowest BCUT2D eigenvalue weighted by atomic mass is 10.5. The summed E-state index contributed by atoms with van der Waals surface area (Å²) >= 11 is 5.05. The molecule has 2 rings (SSSR count). The van der Waals surface area contributed by atoms with Crippen molar-refractivity contribution >= 4 is 39.2 Å². The summed E-state index contributed by atoms with van der Waals surface area (Å²) in [5.41, 5.74) is 5.58. The molecule has 96 valence electrons. The molecule has 0 bridgehead atoms. The number of hydrogen-bond acceptors (Lipinski definition) is 7. The molecule has 0 atom stereocenters. The number of anilines is 2. The van der Waals surface area contributed by atoms with Crippen molar-refractivity contribution < 1.29 is 4.74 Å². The summed E-state index contributed by atoms with van der Waals surface area (Å²) < 4.78 is 6.26. The van der Waals surface area contributed by atoms with E-state index in [2.05, 4.69) is 36.2 Å². The zero-order valence-electron chi connectivity index (χ0n) is 9.68. The summed E-state index contributed by atoms with van der Waals surface area (Å²) in [6, 6.07) is 2.27. The Morgan fingerprint density at radius 1 is 1.44 bits per heavy atom.